The highest BCUT2D eigenvalue weighted by Gasteiger charge is 2.19. The molecular weight excluding hydrogens is 318 g/mol. The maximum absolute atomic E-state index is 12.3. The van der Waals surface area contributed by atoms with Gasteiger partial charge in [-0.15, -0.1) is 0 Å². The molecule has 25 heavy (non-hydrogen) atoms. The number of hydrogen-bond donors (Lipinski definition) is 1. The van der Waals surface area contributed by atoms with Gasteiger partial charge < -0.3 is 15.1 Å². The molecule has 1 heterocycles. The van der Waals surface area contributed by atoms with Gasteiger partial charge in [0.25, 0.3) is 5.91 Å². The SMILES string of the molecule is CCN1CCN(C(=O)/C=C(/C)C(=O)Nc2ccc(C(C)=O)cc2)CC1. The van der Waals surface area contributed by atoms with E-state index in [1.165, 1.54) is 13.0 Å². The molecule has 0 aliphatic carbocycles. The lowest BCUT2D eigenvalue weighted by atomic mass is 10.1. The molecule has 0 unspecified atom stereocenters. The summed E-state index contributed by atoms with van der Waals surface area (Å²) in [6.45, 7) is 9.31. The van der Waals surface area contributed by atoms with Crippen LogP contribution < -0.4 is 5.32 Å². The summed E-state index contributed by atoms with van der Waals surface area (Å²) in [6.07, 6.45) is 1.39. The quantitative estimate of drug-likeness (QED) is 0.655. The van der Waals surface area contributed by atoms with Crippen LogP contribution >= 0.6 is 0 Å². The van der Waals surface area contributed by atoms with E-state index in [0.29, 0.717) is 29.9 Å². The van der Waals surface area contributed by atoms with Crippen molar-refractivity contribution in [1.29, 1.82) is 0 Å². The lowest BCUT2D eigenvalue weighted by Crippen LogP contribution is -2.48. The molecule has 0 aromatic heterocycles. The van der Waals surface area contributed by atoms with Gasteiger partial charge in [0.05, 0.1) is 0 Å². The first-order valence-electron chi connectivity index (χ1n) is 8.52. The second-order valence-corrected chi connectivity index (χ2v) is 6.17. The molecule has 6 heteroatoms. The van der Waals surface area contributed by atoms with Gasteiger partial charge in [0.15, 0.2) is 5.78 Å². The number of benzene rings is 1. The van der Waals surface area contributed by atoms with Gasteiger partial charge in [0.2, 0.25) is 5.91 Å². The Morgan fingerprint density at radius 3 is 2.16 bits per heavy atom. The number of nitrogens with one attached hydrogen (secondary N) is 1. The molecule has 1 N–H and O–H groups in total. The first-order valence-corrected chi connectivity index (χ1v) is 8.52. The van der Waals surface area contributed by atoms with Crippen LogP contribution in [-0.2, 0) is 9.59 Å². The van der Waals surface area contributed by atoms with E-state index in [1.807, 2.05) is 0 Å². The Hall–Kier alpha value is -2.47. The van der Waals surface area contributed by atoms with E-state index in [0.717, 1.165) is 19.6 Å². The molecule has 1 fully saturated rings. The Morgan fingerprint density at radius 2 is 1.64 bits per heavy atom. The van der Waals surface area contributed by atoms with Crippen molar-refractivity contribution < 1.29 is 14.4 Å². The predicted octanol–water partition coefficient (Wildman–Crippen LogP) is 1.94. The third-order valence-corrected chi connectivity index (χ3v) is 4.38. The molecule has 6 nitrogen and oxygen atoms in total. The number of carbonyl (C=O) groups excluding carboxylic acids is 3. The lowest BCUT2D eigenvalue weighted by molar-refractivity contribution is -0.128. The van der Waals surface area contributed by atoms with Crippen molar-refractivity contribution in [3.8, 4) is 0 Å². The minimum absolute atomic E-state index is 0.0253. The van der Waals surface area contributed by atoms with Crippen LogP contribution in [0.3, 0.4) is 0 Å². The maximum Gasteiger partial charge on any atom is 0.251 e. The van der Waals surface area contributed by atoms with Gasteiger partial charge in [-0.1, -0.05) is 6.92 Å². The van der Waals surface area contributed by atoms with E-state index >= 15 is 0 Å². The van der Waals surface area contributed by atoms with E-state index in [9.17, 15) is 14.4 Å². The minimum atomic E-state index is -0.323. The van der Waals surface area contributed by atoms with Gasteiger partial charge in [-0.3, -0.25) is 14.4 Å². The average molecular weight is 343 g/mol. The third-order valence-electron chi connectivity index (χ3n) is 4.38. The molecule has 1 aliphatic heterocycles. The Labute approximate surface area is 148 Å². The van der Waals surface area contributed by atoms with Crippen LogP contribution in [0, 0.1) is 0 Å². The molecule has 0 radical (unpaired) electrons. The van der Waals surface area contributed by atoms with Crippen LogP contribution in [-0.4, -0.2) is 60.1 Å². The number of anilines is 1. The second-order valence-electron chi connectivity index (χ2n) is 6.17. The molecule has 0 spiro atoms. The zero-order valence-electron chi connectivity index (χ0n) is 15.0. The molecule has 134 valence electrons. The fourth-order valence-electron chi connectivity index (χ4n) is 2.64. The van der Waals surface area contributed by atoms with Crippen molar-refractivity contribution in [1.82, 2.24) is 9.80 Å². The van der Waals surface area contributed by atoms with Gasteiger partial charge >= 0.3 is 0 Å². The highest BCUT2D eigenvalue weighted by atomic mass is 16.2. The van der Waals surface area contributed by atoms with Gasteiger partial charge in [0, 0.05) is 49.1 Å². The van der Waals surface area contributed by atoms with Crippen LogP contribution in [0.5, 0.6) is 0 Å². The highest BCUT2D eigenvalue weighted by molar-refractivity contribution is 6.07. The van der Waals surface area contributed by atoms with Crippen molar-refractivity contribution in [2.24, 2.45) is 0 Å². The van der Waals surface area contributed by atoms with Crippen molar-refractivity contribution in [2.75, 3.05) is 38.0 Å². The number of likely N-dealkylation sites (N-methyl/N-ethyl adjacent to an activating group) is 1. The van der Waals surface area contributed by atoms with Crippen LogP contribution in [0.25, 0.3) is 0 Å². The fraction of sp³-hybridized carbons (Fsp3) is 0.421. The predicted molar refractivity (Wildman–Crippen MR) is 97.5 cm³/mol. The molecule has 0 atom stereocenters. The Morgan fingerprint density at radius 1 is 1.04 bits per heavy atom. The maximum atomic E-state index is 12.3. The average Bonchev–Trinajstić information content (AvgIpc) is 2.62. The molecule has 1 saturated heterocycles. The Bertz CT molecular complexity index is 672. The van der Waals surface area contributed by atoms with Crippen molar-refractivity contribution in [2.45, 2.75) is 20.8 Å². The molecule has 1 aromatic rings. The van der Waals surface area contributed by atoms with E-state index < -0.39 is 0 Å². The number of piperazine rings is 1. The first-order chi connectivity index (χ1) is 11.9. The topological polar surface area (TPSA) is 69.7 Å². The van der Waals surface area contributed by atoms with Crippen molar-refractivity contribution >= 4 is 23.3 Å². The molecule has 0 bridgehead atoms. The molecule has 1 aromatic carbocycles. The van der Waals surface area contributed by atoms with E-state index in [-0.39, 0.29) is 17.6 Å². The number of nitrogens with zero attached hydrogens (tertiary/aromatic N) is 2. The second kappa shape index (κ2) is 8.58. The summed E-state index contributed by atoms with van der Waals surface area (Å²) >= 11 is 0. The fourth-order valence-corrected chi connectivity index (χ4v) is 2.64. The monoisotopic (exact) mass is 343 g/mol. The van der Waals surface area contributed by atoms with E-state index in [4.69, 9.17) is 0 Å². The van der Waals surface area contributed by atoms with Crippen molar-refractivity contribution in [3.63, 3.8) is 0 Å². The third kappa shape index (κ3) is 5.26. The van der Waals surface area contributed by atoms with Crippen LogP contribution in [0.2, 0.25) is 0 Å². The largest absolute Gasteiger partial charge is 0.337 e. The Balaban J connectivity index is 1.93. The molecular formula is C19H25N3O3. The molecule has 0 saturated carbocycles. The summed E-state index contributed by atoms with van der Waals surface area (Å²) in [5, 5.41) is 2.73. The number of carbonyl (C=O) groups is 3. The summed E-state index contributed by atoms with van der Waals surface area (Å²) in [4.78, 5) is 39.8. The smallest absolute Gasteiger partial charge is 0.251 e. The molecule has 2 rings (SSSR count). The zero-order valence-corrected chi connectivity index (χ0v) is 15.0. The summed E-state index contributed by atoms with van der Waals surface area (Å²) < 4.78 is 0. The van der Waals surface area contributed by atoms with Gasteiger partial charge in [0.1, 0.15) is 0 Å². The Kier molecular flexibility index (Phi) is 6.47. The van der Waals surface area contributed by atoms with Gasteiger partial charge in [-0.2, -0.15) is 0 Å². The summed E-state index contributed by atoms with van der Waals surface area (Å²) in [6, 6.07) is 6.67. The summed E-state index contributed by atoms with van der Waals surface area (Å²) in [5.74, 6) is -0.478. The van der Waals surface area contributed by atoms with Crippen LogP contribution in [0.15, 0.2) is 35.9 Å². The number of rotatable bonds is 5. The molecule has 1 aliphatic rings. The van der Waals surface area contributed by atoms with Crippen LogP contribution in [0.4, 0.5) is 5.69 Å². The van der Waals surface area contributed by atoms with E-state index in [1.54, 1.807) is 36.1 Å². The number of Topliss-reactive ketones (excluding diaryl/α,β-unsaturated/α-hetero) is 1. The van der Waals surface area contributed by atoms with Gasteiger partial charge in [-0.25, -0.2) is 0 Å². The number of hydrogen-bond acceptors (Lipinski definition) is 4. The number of amides is 2. The van der Waals surface area contributed by atoms with E-state index in [2.05, 4.69) is 17.1 Å². The summed E-state index contributed by atoms with van der Waals surface area (Å²) in [5.41, 5.74) is 1.54. The molecule has 2 amide bonds. The normalized spacial score (nSPS) is 15.8. The summed E-state index contributed by atoms with van der Waals surface area (Å²) in [7, 11) is 0. The number of ketones is 1. The minimum Gasteiger partial charge on any atom is -0.337 e. The highest BCUT2D eigenvalue weighted by Crippen LogP contribution is 2.12. The zero-order chi connectivity index (χ0) is 18.4. The lowest BCUT2D eigenvalue weighted by Gasteiger charge is -2.33. The van der Waals surface area contributed by atoms with Gasteiger partial charge in [-0.05, 0) is 44.7 Å². The standard InChI is InChI=1S/C19H25N3O3/c1-4-21-9-11-22(12-10-21)18(24)13-14(2)19(25)20-17-7-5-16(6-8-17)15(3)23/h5-8,13H,4,9-12H2,1-3H3,(H,20,25)/b14-13-. The van der Waals surface area contributed by atoms with Crippen LogP contribution in [0.1, 0.15) is 31.1 Å². The van der Waals surface area contributed by atoms with Crippen molar-refractivity contribution in [3.05, 3.63) is 41.5 Å². The first kappa shape index (κ1) is 18.9.